The van der Waals surface area contributed by atoms with Crippen molar-refractivity contribution in [3.63, 3.8) is 0 Å². The first-order chi connectivity index (χ1) is 8.70. The van der Waals surface area contributed by atoms with Crippen molar-refractivity contribution in [3.05, 3.63) is 0 Å². The second-order valence-electron chi connectivity index (χ2n) is 7.17. The van der Waals surface area contributed by atoms with E-state index >= 15 is 0 Å². The molecule has 0 saturated heterocycles. The van der Waals surface area contributed by atoms with Crippen LogP contribution in [0, 0.1) is 11.8 Å². The molecule has 3 atom stereocenters. The van der Waals surface area contributed by atoms with Gasteiger partial charge in [0.1, 0.15) is 0 Å². The monoisotopic (exact) mass is 268 g/mol. The normalized spacial score (nSPS) is 37.3. The van der Waals surface area contributed by atoms with E-state index in [0.717, 1.165) is 11.8 Å². The highest BCUT2D eigenvalue weighted by Gasteiger charge is 2.35. The minimum absolute atomic E-state index is 0.532. The zero-order chi connectivity index (χ0) is 12.8. The van der Waals surface area contributed by atoms with Crippen molar-refractivity contribution in [1.29, 1.82) is 0 Å². The molecule has 0 spiro atoms. The van der Waals surface area contributed by atoms with E-state index in [1.807, 2.05) is 0 Å². The summed E-state index contributed by atoms with van der Waals surface area (Å²) in [5, 5.41) is 0.532. The average Bonchev–Trinajstić information content (AvgIpc) is 2.27. The molecule has 0 aromatic rings. The molecule has 2 fully saturated rings. The summed E-state index contributed by atoms with van der Waals surface area (Å²) in [4.78, 5) is 0. The molecular weight excluding hydrogens is 235 g/mol. The Hall–Kier alpha value is 0.430. The minimum atomic E-state index is 0.532. The molecule has 0 nitrogen and oxygen atoms in total. The van der Waals surface area contributed by atoms with Gasteiger partial charge in [0, 0.05) is 0 Å². The molecule has 2 saturated carbocycles. The molecule has 106 valence electrons. The molecule has 2 rings (SSSR count). The quantitative estimate of drug-likeness (QED) is 0.515. The van der Waals surface area contributed by atoms with E-state index in [4.69, 9.17) is 0 Å². The Morgan fingerprint density at radius 1 is 0.722 bits per heavy atom. The van der Waals surface area contributed by atoms with Crippen LogP contribution in [0.25, 0.3) is 0 Å². The Bertz CT molecular complexity index is 226. The maximum absolute atomic E-state index is 3.26. The lowest BCUT2D eigenvalue weighted by atomic mass is 9.70. The Morgan fingerprint density at radius 3 is 1.89 bits per heavy atom. The fraction of sp³-hybridized carbons (Fsp3) is 1.00. The first-order valence-corrected chi connectivity index (χ1v) is 9.07. The number of hydrogen-bond donors (Lipinski definition) is 0. The summed E-state index contributed by atoms with van der Waals surface area (Å²) >= 11 is 0. The van der Waals surface area contributed by atoms with Gasteiger partial charge < -0.3 is 0 Å². The molecular formula is C17H33P. The van der Waals surface area contributed by atoms with Crippen molar-refractivity contribution in [2.45, 2.75) is 95.6 Å². The summed E-state index contributed by atoms with van der Waals surface area (Å²) in [5.41, 5.74) is 0. The summed E-state index contributed by atoms with van der Waals surface area (Å²) in [5.74, 6) is 2.02. The minimum Gasteiger partial charge on any atom is -0.131 e. The van der Waals surface area contributed by atoms with Crippen LogP contribution in [0.15, 0.2) is 0 Å². The van der Waals surface area contributed by atoms with Gasteiger partial charge in [0.15, 0.2) is 0 Å². The Morgan fingerprint density at radius 2 is 1.22 bits per heavy atom. The number of hydrogen-bond acceptors (Lipinski definition) is 0. The van der Waals surface area contributed by atoms with E-state index < -0.39 is 0 Å². The third kappa shape index (κ3) is 4.22. The fourth-order valence-corrected chi connectivity index (χ4v) is 5.05. The Labute approximate surface area is 117 Å². The van der Waals surface area contributed by atoms with Crippen LogP contribution >= 0.6 is 9.24 Å². The highest BCUT2D eigenvalue weighted by molar-refractivity contribution is 7.18. The van der Waals surface area contributed by atoms with Crippen LogP contribution in [0.1, 0.15) is 90.4 Å². The van der Waals surface area contributed by atoms with Crippen molar-refractivity contribution in [3.8, 4) is 0 Å². The molecule has 0 bridgehead atoms. The average molecular weight is 268 g/mol. The zero-order valence-corrected chi connectivity index (χ0v) is 13.6. The van der Waals surface area contributed by atoms with Crippen molar-refractivity contribution >= 4 is 9.24 Å². The summed E-state index contributed by atoms with van der Waals surface area (Å²) in [7, 11) is 3.26. The van der Waals surface area contributed by atoms with Crippen LogP contribution in [0.2, 0.25) is 0 Å². The highest BCUT2D eigenvalue weighted by atomic mass is 31.0. The van der Waals surface area contributed by atoms with Gasteiger partial charge in [-0.15, -0.1) is 9.24 Å². The van der Waals surface area contributed by atoms with E-state index in [0.29, 0.717) is 5.16 Å². The van der Waals surface area contributed by atoms with Gasteiger partial charge in [0.2, 0.25) is 0 Å². The predicted octanol–water partition coefficient (Wildman–Crippen LogP) is 5.95. The molecule has 0 N–H and O–H groups in total. The number of rotatable bonds is 1. The first-order valence-electron chi connectivity index (χ1n) is 8.49. The van der Waals surface area contributed by atoms with Gasteiger partial charge in [-0.1, -0.05) is 77.6 Å². The van der Waals surface area contributed by atoms with Gasteiger partial charge in [-0.2, -0.15) is 0 Å². The van der Waals surface area contributed by atoms with Crippen LogP contribution in [0.5, 0.6) is 0 Å². The maximum atomic E-state index is 3.26. The van der Waals surface area contributed by atoms with Crippen molar-refractivity contribution in [2.75, 3.05) is 0 Å². The van der Waals surface area contributed by atoms with E-state index in [2.05, 4.69) is 16.2 Å². The summed E-state index contributed by atoms with van der Waals surface area (Å²) in [6.07, 6.45) is 19.4. The highest BCUT2D eigenvalue weighted by Crippen LogP contribution is 2.45. The Kier molecular flexibility index (Phi) is 5.99. The molecule has 0 heterocycles. The van der Waals surface area contributed by atoms with Crippen LogP contribution in [0.3, 0.4) is 0 Å². The third-order valence-corrected chi connectivity index (χ3v) is 6.26. The van der Waals surface area contributed by atoms with E-state index in [1.54, 1.807) is 0 Å². The Balaban J connectivity index is 2.00. The second kappa shape index (κ2) is 7.28. The van der Waals surface area contributed by atoms with Crippen LogP contribution in [0.4, 0.5) is 0 Å². The maximum Gasteiger partial charge on any atom is -0.0147 e. The second-order valence-corrected chi connectivity index (χ2v) is 8.49. The molecule has 0 aromatic heterocycles. The van der Waals surface area contributed by atoms with E-state index in [1.165, 1.54) is 83.5 Å². The molecule has 0 radical (unpaired) electrons. The van der Waals surface area contributed by atoms with E-state index in [9.17, 15) is 0 Å². The molecule has 1 heteroatoms. The van der Waals surface area contributed by atoms with Crippen LogP contribution < -0.4 is 0 Å². The van der Waals surface area contributed by atoms with Crippen molar-refractivity contribution in [1.82, 2.24) is 0 Å². The van der Waals surface area contributed by atoms with Crippen LogP contribution in [-0.4, -0.2) is 5.16 Å². The summed E-state index contributed by atoms with van der Waals surface area (Å²) < 4.78 is 0. The predicted molar refractivity (Wildman–Crippen MR) is 85.1 cm³/mol. The zero-order valence-electron chi connectivity index (χ0n) is 12.4. The van der Waals surface area contributed by atoms with Crippen LogP contribution in [-0.2, 0) is 0 Å². The molecule has 18 heavy (non-hydrogen) atoms. The smallest absolute Gasteiger partial charge is 0.0147 e. The molecule has 2 aliphatic rings. The third-order valence-electron chi connectivity index (χ3n) is 5.55. The first kappa shape index (κ1) is 14.8. The van der Waals surface area contributed by atoms with Gasteiger partial charge in [-0.05, 0) is 29.8 Å². The molecule has 0 aromatic carbocycles. The lowest BCUT2D eigenvalue weighted by Crippen LogP contribution is -2.35. The summed E-state index contributed by atoms with van der Waals surface area (Å²) in [6.45, 7) is 2.53. The van der Waals surface area contributed by atoms with Gasteiger partial charge in [-0.3, -0.25) is 0 Å². The standard InChI is InChI=1S/C17H33P/c1-17(18)14-10-6-5-9-13-16(17)15-11-7-3-2-4-8-12-15/h15-16H,2-14,18H2,1H3. The van der Waals surface area contributed by atoms with Gasteiger partial charge in [0.05, 0.1) is 0 Å². The lowest BCUT2D eigenvalue weighted by molar-refractivity contribution is 0.185. The molecule has 3 unspecified atom stereocenters. The molecule has 0 aliphatic heterocycles. The largest absolute Gasteiger partial charge is 0.131 e. The van der Waals surface area contributed by atoms with Crippen molar-refractivity contribution in [2.24, 2.45) is 11.8 Å². The topological polar surface area (TPSA) is 0 Å². The van der Waals surface area contributed by atoms with Crippen molar-refractivity contribution < 1.29 is 0 Å². The van der Waals surface area contributed by atoms with Gasteiger partial charge in [0.25, 0.3) is 0 Å². The lowest BCUT2D eigenvalue weighted by Gasteiger charge is -2.42. The summed E-state index contributed by atoms with van der Waals surface area (Å²) in [6, 6.07) is 0. The van der Waals surface area contributed by atoms with Gasteiger partial charge >= 0.3 is 0 Å². The molecule has 0 amide bonds. The van der Waals surface area contributed by atoms with Gasteiger partial charge in [-0.25, -0.2) is 0 Å². The van der Waals surface area contributed by atoms with E-state index in [-0.39, 0.29) is 0 Å². The fourth-order valence-electron chi connectivity index (χ4n) is 4.40. The molecule has 2 aliphatic carbocycles. The SMILES string of the molecule is CC1(P)CCCCCCC1C1CCCCCCC1.